The van der Waals surface area contributed by atoms with Gasteiger partial charge in [-0.25, -0.2) is 0 Å². The number of rotatable bonds is 4. The second-order valence-electron chi connectivity index (χ2n) is 8.87. The fourth-order valence-electron chi connectivity index (χ4n) is 6.56. The molecule has 0 heterocycles. The van der Waals surface area contributed by atoms with Crippen molar-refractivity contribution in [2.45, 2.75) is 57.4 Å². The molecule has 1 aromatic rings. The highest BCUT2D eigenvalue weighted by molar-refractivity contribution is 5.85. The minimum atomic E-state index is 0. The van der Waals surface area contributed by atoms with Crippen LogP contribution in [0.4, 0.5) is 0 Å². The quantitative estimate of drug-likeness (QED) is 0.717. The van der Waals surface area contributed by atoms with Gasteiger partial charge in [-0.2, -0.15) is 0 Å². The van der Waals surface area contributed by atoms with E-state index >= 15 is 0 Å². The normalized spacial score (nSPS) is 39.3. The van der Waals surface area contributed by atoms with E-state index in [-0.39, 0.29) is 12.4 Å². The Hall–Kier alpha value is -0.530. The second kappa shape index (κ2) is 6.41. The van der Waals surface area contributed by atoms with Gasteiger partial charge in [0, 0.05) is 6.04 Å². The first-order chi connectivity index (χ1) is 10.6. The molecule has 0 saturated heterocycles. The van der Waals surface area contributed by atoms with Crippen molar-refractivity contribution < 1.29 is 0 Å². The van der Waals surface area contributed by atoms with Crippen molar-refractivity contribution in [3.05, 3.63) is 35.9 Å². The number of nitrogens with zero attached hydrogens (tertiary/aromatic N) is 1. The highest BCUT2D eigenvalue weighted by atomic mass is 35.5. The maximum absolute atomic E-state index is 2.43. The predicted molar refractivity (Wildman–Crippen MR) is 100 cm³/mol. The lowest BCUT2D eigenvalue weighted by atomic mass is 9.43. The van der Waals surface area contributed by atoms with Crippen LogP contribution in [0.3, 0.4) is 0 Å². The summed E-state index contributed by atoms with van der Waals surface area (Å²) >= 11 is 0. The van der Waals surface area contributed by atoms with E-state index in [0.717, 1.165) is 23.7 Å². The molecule has 4 saturated carbocycles. The van der Waals surface area contributed by atoms with Crippen LogP contribution < -0.4 is 0 Å². The van der Waals surface area contributed by atoms with Crippen LogP contribution in [0.2, 0.25) is 0 Å². The first-order valence-corrected chi connectivity index (χ1v) is 9.29. The molecule has 4 fully saturated rings. The average Bonchev–Trinajstić information content (AvgIpc) is 2.46. The molecule has 0 spiro atoms. The predicted octanol–water partition coefficient (Wildman–Crippen LogP) is 5.36. The zero-order valence-electron chi connectivity index (χ0n) is 14.9. The Bertz CT molecular complexity index is 512. The molecule has 0 radical (unpaired) electrons. The van der Waals surface area contributed by atoms with Crippen LogP contribution in [-0.4, -0.2) is 25.0 Å². The zero-order chi connectivity index (χ0) is 15.3. The van der Waals surface area contributed by atoms with Crippen molar-refractivity contribution >= 4 is 12.4 Å². The molecule has 0 amide bonds. The Morgan fingerprint density at radius 3 is 2.22 bits per heavy atom. The van der Waals surface area contributed by atoms with Crippen molar-refractivity contribution in [1.29, 1.82) is 0 Å². The van der Waals surface area contributed by atoms with Crippen molar-refractivity contribution in [1.82, 2.24) is 4.90 Å². The van der Waals surface area contributed by atoms with Crippen LogP contribution in [0.5, 0.6) is 0 Å². The topological polar surface area (TPSA) is 3.24 Å². The molecule has 4 aliphatic carbocycles. The molecule has 23 heavy (non-hydrogen) atoms. The van der Waals surface area contributed by atoms with E-state index in [1.165, 1.54) is 38.5 Å². The van der Waals surface area contributed by atoms with E-state index in [9.17, 15) is 0 Å². The second-order valence-corrected chi connectivity index (χ2v) is 8.87. The van der Waals surface area contributed by atoms with E-state index in [4.69, 9.17) is 0 Å². The average molecular weight is 334 g/mol. The van der Waals surface area contributed by atoms with Gasteiger partial charge < -0.3 is 4.90 Å². The van der Waals surface area contributed by atoms with Gasteiger partial charge in [0.2, 0.25) is 0 Å². The minimum absolute atomic E-state index is 0. The van der Waals surface area contributed by atoms with Crippen LogP contribution in [0.15, 0.2) is 30.3 Å². The summed E-state index contributed by atoms with van der Waals surface area (Å²) in [6, 6.07) is 12.2. The third-order valence-electron chi connectivity index (χ3n) is 7.20. The lowest BCUT2D eigenvalue weighted by molar-refractivity contribution is -0.0881. The van der Waals surface area contributed by atoms with Gasteiger partial charge in [-0.15, -0.1) is 12.4 Å². The van der Waals surface area contributed by atoms with E-state index in [1.54, 1.807) is 5.56 Å². The molecule has 4 aliphatic rings. The van der Waals surface area contributed by atoms with Gasteiger partial charge in [0.25, 0.3) is 0 Å². The summed E-state index contributed by atoms with van der Waals surface area (Å²) in [6.07, 6.45) is 8.94. The lowest BCUT2D eigenvalue weighted by Gasteiger charge is -2.62. The summed E-state index contributed by atoms with van der Waals surface area (Å²) in [5.41, 5.74) is 2.22. The van der Waals surface area contributed by atoms with Crippen LogP contribution in [0, 0.1) is 23.2 Å². The van der Waals surface area contributed by atoms with Crippen molar-refractivity contribution in [2.24, 2.45) is 23.2 Å². The van der Waals surface area contributed by atoms with Crippen molar-refractivity contribution in [2.75, 3.05) is 14.1 Å². The van der Waals surface area contributed by atoms with Crippen LogP contribution in [-0.2, 0) is 0 Å². The fourth-order valence-corrected chi connectivity index (χ4v) is 6.56. The van der Waals surface area contributed by atoms with E-state index in [1.807, 2.05) is 0 Å². The summed E-state index contributed by atoms with van der Waals surface area (Å²) in [5, 5.41) is 0. The maximum Gasteiger partial charge on any atom is 0.00663 e. The molecule has 128 valence electrons. The molecule has 5 rings (SSSR count). The Morgan fingerprint density at radius 1 is 1.04 bits per heavy atom. The SMILES string of the molecule is CC(CC12CC3CC(CC(C3)C1c1ccccc1)C2)N(C)C.Cl. The largest absolute Gasteiger partial charge is 0.307 e. The highest BCUT2D eigenvalue weighted by Crippen LogP contribution is 2.67. The first kappa shape index (κ1) is 17.3. The highest BCUT2D eigenvalue weighted by Gasteiger charge is 2.57. The number of hydrogen-bond donors (Lipinski definition) is 0. The molecule has 4 atom stereocenters. The van der Waals surface area contributed by atoms with Gasteiger partial charge in [-0.05, 0) is 94.2 Å². The molecule has 0 aliphatic heterocycles. The number of benzene rings is 1. The summed E-state index contributed by atoms with van der Waals surface area (Å²) < 4.78 is 0. The van der Waals surface area contributed by atoms with E-state index < -0.39 is 0 Å². The summed E-state index contributed by atoms with van der Waals surface area (Å²) in [6.45, 7) is 2.43. The molecule has 4 unspecified atom stereocenters. The first-order valence-electron chi connectivity index (χ1n) is 9.29. The van der Waals surface area contributed by atoms with Crippen LogP contribution in [0.1, 0.15) is 56.9 Å². The maximum atomic E-state index is 2.43. The molecule has 0 N–H and O–H groups in total. The molecule has 0 aromatic heterocycles. The number of hydrogen-bond acceptors (Lipinski definition) is 1. The van der Waals surface area contributed by atoms with Crippen LogP contribution in [0.25, 0.3) is 0 Å². The molecule has 2 heteroatoms. The lowest BCUT2D eigenvalue weighted by Crippen LogP contribution is -2.53. The van der Waals surface area contributed by atoms with Gasteiger partial charge in [0.05, 0.1) is 0 Å². The third-order valence-corrected chi connectivity index (χ3v) is 7.20. The monoisotopic (exact) mass is 333 g/mol. The van der Waals surface area contributed by atoms with E-state index in [0.29, 0.717) is 11.5 Å². The van der Waals surface area contributed by atoms with Crippen LogP contribution >= 0.6 is 12.4 Å². The zero-order valence-corrected chi connectivity index (χ0v) is 15.7. The van der Waals surface area contributed by atoms with Gasteiger partial charge in [-0.3, -0.25) is 0 Å². The summed E-state index contributed by atoms with van der Waals surface area (Å²) in [5.74, 6) is 3.85. The van der Waals surface area contributed by atoms with Crippen molar-refractivity contribution in [3.8, 4) is 0 Å². The standard InChI is InChI=1S/C21H31N.ClH/c1-15(22(2)3)12-21-13-16-9-17(14-21)11-19(10-16)20(21)18-7-5-4-6-8-18;/h4-8,15-17,19-20H,9-14H2,1-3H3;1H. The molecule has 1 aromatic carbocycles. The molecular weight excluding hydrogens is 302 g/mol. The molecule has 1 nitrogen and oxygen atoms in total. The van der Waals surface area contributed by atoms with Gasteiger partial charge in [0.1, 0.15) is 0 Å². The Morgan fingerprint density at radius 2 is 1.65 bits per heavy atom. The van der Waals surface area contributed by atoms with Gasteiger partial charge >= 0.3 is 0 Å². The van der Waals surface area contributed by atoms with Gasteiger partial charge in [-0.1, -0.05) is 30.3 Å². The smallest absolute Gasteiger partial charge is 0.00663 e. The summed E-state index contributed by atoms with van der Waals surface area (Å²) in [4.78, 5) is 2.43. The Labute approximate surface area is 148 Å². The Balaban J connectivity index is 0.00000156. The van der Waals surface area contributed by atoms with E-state index in [2.05, 4.69) is 56.3 Å². The van der Waals surface area contributed by atoms with Gasteiger partial charge in [0.15, 0.2) is 0 Å². The fraction of sp³-hybridized carbons (Fsp3) is 0.714. The molecule has 4 bridgehead atoms. The third kappa shape index (κ3) is 2.96. The molecular formula is C21H32ClN. The minimum Gasteiger partial charge on any atom is -0.307 e. The Kier molecular flexibility index (Phi) is 4.82. The number of halogens is 1. The summed E-state index contributed by atoms with van der Waals surface area (Å²) in [7, 11) is 4.51. The van der Waals surface area contributed by atoms with Crippen molar-refractivity contribution in [3.63, 3.8) is 0 Å².